The summed E-state index contributed by atoms with van der Waals surface area (Å²) in [4.78, 5) is 49.3. The van der Waals surface area contributed by atoms with E-state index < -0.39 is 17.7 Å². The Kier molecular flexibility index (Phi) is 11.0. The number of rotatable bonds is 14. The number of nitrogens with one attached hydrogen (secondary N) is 2. The molecule has 228 valence electrons. The minimum Gasteiger partial charge on any atom is -0.481 e. The molecule has 0 aliphatic heterocycles. The normalized spacial score (nSPS) is 12.0. The van der Waals surface area contributed by atoms with Gasteiger partial charge in [0.1, 0.15) is 42.0 Å². The van der Waals surface area contributed by atoms with Crippen LogP contribution in [0.4, 0.5) is 11.5 Å². The van der Waals surface area contributed by atoms with Gasteiger partial charge in [0.25, 0.3) is 0 Å². The quantitative estimate of drug-likeness (QED) is 0.158. The molecule has 0 saturated carbocycles. The summed E-state index contributed by atoms with van der Waals surface area (Å²) < 4.78 is 10.9. The van der Waals surface area contributed by atoms with Gasteiger partial charge in [-0.15, -0.1) is 11.8 Å². The highest BCUT2D eigenvalue weighted by Gasteiger charge is 2.23. The van der Waals surface area contributed by atoms with E-state index in [1.165, 1.54) is 32.1 Å². The number of carboxylic acids is 1. The van der Waals surface area contributed by atoms with Gasteiger partial charge in [0.15, 0.2) is 0 Å². The monoisotopic (exact) mass is 615 g/mol. The molecule has 1 unspecified atom stereocenters. The molecule has 12 heteroatoms. The fourth-order valence-corrected chi connectivity index (χ4v) is 5.38. The first-order valence-electron chi connectivity index (χ1n) is 13.7. The number of amides is 1. The molecule has 2 aromatic carbocycles. The van der Waals surface area contributed by atoms with Gasteiger partial charge in [0.2, 0.25) is 5.91 Å². The molecule has 0 saturated heterocycles. The lowest BCUT2D eigenvalue weighted by molar-refractivity contribution is -0.144. The van der Waals surface area contributed by atoms with Crippen LogP contribution < -0.4 is 15.4 Å². The average Bonchev–Trinajstić information content (AvgIpc) is 2.98. The maximum Gasteiger partial charge on any atom is 0.314 e. The van der Waals surface area contributed by atoms with Gasteiger partial charge < -0.3 is 25.2 Å². The van der Waals surface area contributed by atoms with Crippen LogP contribution >= 0.6 is 11.8 Å². The Morgan fingerprint density at radius 3 is 2.55 bits per heavy atom. The lowest BCUT2D eigenvalue weighted by Crippen LogP contribution is -2.27. The SMILES string of the molecule is COCC(=O)NCC=C(SCC(C(C)=O)C(=O)O)c1ccc2ncnc(Nc3ccc(Oc4ccc(C)nc4)c(C)c3)c2c1. The van der Waals surface area contributed by atoms with Gasteiger partial charge >= 0.3 is 5.97 Å². The summed E-state index contributed by atoms with van der Waals surface area (Å²) in [7, 11) is 1.43. The molecule has 0 aliphatic rings. The molecule has 2 heterocycles. The minimum atomic E-state index is -1.18. The van der Waals surface area contributed by atoms with E-state index >= 15 is 0 Å². The maximum absolute atomic E-state index is 11.9. The fraction of sp³-hybridized carbons (Fsp3) is 0.250. The number of thioether (sulfide) groups is 1. The number of anilines is 2. The summed E-state index contributed by atoms with van der Waals surface area (Å²) in [5.74, 6) is -1.12. The van der Waals surface area contributed by atoms with Crippen LogP contribution in [0.25, 0.3) is 15.8 Å². The van der Waals surface area contributed by atoms with Crippen molar-refractivity contribution >= 4 is 56.7 Å². The molecule has 2 aromatic heterocycles. The van der Waals surface area contributed by atoms with Gasteiger partial charge in [-0.2, -0.15) is 0 Å². The van der Waals surface area contributed by atoms with Crippen molar-refractivity contribution in [2.75, 3.05) is 31.3 Å². The Hall–Kier alpha value is -4.81. The number of pyridine rings is 1. The van der Waals surface area contributed by atoms with Crippen molar-refractivity contribution in [3.63, 3.8) is 0 Å². The van der Waals surface area contributed by atoms with E-state index in [1.54, 1.807) is 12.3 Å². The van der Waals surface area contributed by atoms with Crippen LogP contribution in [-0.2, 0) is 19.1 Å². The number of ether oxygens (including phenoxy) is 2. The Balaban J connectivity index is 1.61. The van der Waals surface area contributed by atoms with Crippen LogP contribution in [0.3, 0.4) is 0 Å². The molecule has 1 amide bonds. The molecule has 4 rings (SSSR count). The number of benzene rings is 2. The fourth-order valence-electron chi connectivity index (χ4n) is 4.16. The van der Waals surface area contributed by atoms with Crippen molar-refractivity contribution in [1.29, 1.82) is 0 Å². The summed E-state index contributed by atoms with van der Waals surface area (Å²) in [6.07, 6.45) is 4.93. The molecule has 11 nitrogen and oxygen atoms in total. The Bertz CT molecular complexity index is 1680. The molecule has 0 bridgehead atoms. The van der Waals surface area contributed by atoms with Crippen molar-refractivity contribution in [1.82, 2.24) is 20.3 Å². The molecule has 44 heavy (non-hydrogen) atoms. The Morgan fingerprint density at radius 1 is 1.05 bits per heavy atom. The number of fused-ring (bicyclic) bond motifs is 1. The summed E-state index contributed by atoms with van der Waals surface area (Å²) in [5, 5.41) is 16.3. The summed E-state index contributed by atoms with van der Waals surface area (Å²) in [5.41, 5.74) is 4.05. The highest BCUT2D eigenvalue weighted by molar-refractivity contribution is 8.08. The number of hydrogen-bond acceptors (Lipinski definition) is 10. The van der Waals surface area contributed by atoms with E-state index in [0.29, 0.717) is 27.7 Å². The zero-order chi connectivity index (χ0) is 31.6. The number of Topliss-reactive ketones (excluding diaryl/α,β-unsaturated/α-hetero) is 1. The number of hydrogen-bond donors (Lipinski definition) is 3. The molecule has 0 fully saturated rings. The van der Waals surface area contributed by atoms with E-state index in [4.69, 9.17) is 9.47 Å². The van der Waals surface area contributed by atoms with Crippen molar-refractivity contribution in [3.05, 3.63) is 84.0 Å². The number of ketones is 1. The molecule has 0 radical (unpaired) electrons. The van der Waals surface area contributed by atoms with Gasteiger partial charge in [0, 0.05) is 41.1 Å². The number of nitrogens with zero attached hydrogens (tertiary/aromatic N) is 3. The van der Waals surface area contributed by atoms with E-state index in [-0.39, 0.29) is 24.8 Å². The molecular weight excluding hydrogens is 582 g/mol. The first kappa shape index (κ1) is 32.1. The topological polar surface area (TPSA) is 153 Å². The molecule has 4 aromatic rings. The first-order valence-corrected chi connectivity index (χ1v) is 14.7. The average molecular weight is 616 g/mol. The number of methoxy groups -OCH3 is 1. The Morgan fingerprint density at radius 2 is 1.86 bits per heavy atom. The largest absolute Gasteiger partial charge is 0.481 e. The third-order valence-electron chi connectivity index (χ3n) is 6.53. The molecule has 1 atom stereocenters. The highest BCUT2D eigenvalue weighted by atomic mass is 32.2. The second-order valence-corrected chi connectivity index (χ2v) is 11.0. The third-order valence-corrected chi connectivity index (χ3v) is 7.74. The van der Waals surface area contributed by atoms with Crippen LogP contribution in [-0.4, -0.2) is 63.7 Å². The van der Waals surface area contributed by atoms with Crippen LogP contribution in [0.15, 0.2) is 67.1 Å². The number of carbonyl (C=O) groups excluding carboxylic acids is 2. The lowest BCUT2D eigenvalue weighted by Gasteiger charge is -2.14. The van der Waals surface area contributed by atoms with E-state index in [1.807, 2.05) is 62.4 Å². The lowest BCUT2D eigenvalue weighted by atomic mass is 10.1. The van der Waals surface area contributed by atoms with E-state index in [2.05, 4.69) is 25.6 Å². The zero-order valence-corrected chi connectivity index (χ0v) is 25.6. The maximum atomic E-state index is 11.9. The third kappa shape index (κ3) is 8.62. The number of carboxylic acid groups (broad SMARTS) is 1. The van der Waals surface area contributed by atoms with Crippen LogP contribution in [0, 0.1) is 19.8 Å². The molecule has 0 aliphatic carbocycles. The van der Waals surface area contributed by atoms with Gasteiger partial charge in [-0.05, 0) is 74.4 Å². The summed E-state index contributed by atoms with van der Waals surface area (Å²) >= 11 is 1.23. The van der Waals surface area contributed by atoms with Gasteiger partial charge in [-0.3, -0.25) is 19.4 Å². The smallest absolute Gasteiger partial charge is 0.314 e. The second-order valence-electron chi connectivity index (χ2n) is 9.91. The van der Waals surface area contributed by atoms with Crippen molar-refractivity contribution < 1.29 is 29.0 Å². The van der Waals surface area contributed by atoms with Crippen molar-refractivity contribution in [2.45, 2.75) is 20.8 Å². The minimum absolute atomic E-state index is 0.0311. The van der Waals surface area contributed by atoms with Crippen molar-refractivity contribution in [2.24, 2.45) is 5.92 Å². The van der Waals surface area contributed by atoms with Crippen LogP contribution in [0.2, 0.25) is 0 Å². The number of carbonyl (C=O) groups is 3. The number of aryl methyl sites for hydroxylation is 2. The van der Waals surface area contributed by atoms with Crippen LogP contribution in [0.1, 0.15) is 23.7 Å². The number of aromatic nitrogens is 3. The first-order chi connectivity index (χ1) is 21.1. The predicted molar refractivity (Wildman–Crippen MR) is 170 cm³/mol. The van der Waals surface area contributed by atoms with Crippen molar-refractivity contribution in [3.8, 4) is 11.5 Å². The Labute approximate surface area is 259 Å². The summed E-state index contributed by atoms with van der Waals surface area (Å²) in [6.45, 7) is 5.23. The molecule has 0 spiro atoms. The predicted octanol–water partition coefficient (Wildman–Crippen LogP) is 5.30. The second kappa shape index (κ2) is 15.1. The van der Waals surface area contributed by atoms with Gasteiger partial charge in [0.05, 0.1) is 11.7 Å². The van der Waals surface area contributed by atoms with Gasteiger partial charge in [-0.1, -0.05) is 12.1 Å². The van der Waals surface area contributed by atoms with Crippen LogP contribution in [0.5, 0.6) is 11.5 Å². The van der Waals surface area contributed by atoms with E-state index in [9.17, 15) is 19.5 Å². The van der Waals surface area contributed by atoms with E-state index in [0.717, 1.165) is 27.9 Å². The highest BCUT2D eigenvalue weighted by Crippen LogP contribution is 2.34. The van der Waals surface area contributed by atoms with Gasteiger partial charge in [-0.25, -0.2) is 9.97 Å². The molecular formula is C32H33N5O6S. The zero-order valence-electron chi connectivity index (χ0n) is 24.8. The standard InChI is InChI=1S/C32H33N5O6S/c1-19-13-23(7-10-28(19)43-24-8-5-20(2)34-15-24)37-31-25-14-22(6-9-27(25)35-18-36-31)29(11-12-33-30(39)16-42-4)44-17-26(21(3)38)32(40)41/h5-11,13-15,18,26H,12,16-17H2,1-4H3,(H,33,39)(H,40,41)(H,35,36,37). The number of aliphatic carboxylic acids is 1. The molecule has 3 N–H and O–H groups in total. The summed E-state index contributed by atoms with van der Waals surface area (Å²) in [6, 6.07) is 15.1.